The molecule has 2 aromatic carbocycles. The van der Waals surface area contributed by atoms with Gasteiger partial charge in [-0.2, -0.15) is 0 Å². The molecule has 0 radical (unpaired) electrons. The second-order valence-corrected chi connectivity index (χ2v) is 4.87. The molecule has 0 bridgehead atoms. The van der Waals surface area contributed by atoms with Crippen LogP contribution in [0.1, 0.15) is 5.56 Å². The van der Waals surface area contributed by atoms with Crippen molar-refractivity contribution in [1.29, 1.82) is 0 Å². The molecule has 0 aliphatic carbocycles. The number of fused-ring (bicyclic) bond motifs is 1. The summed E-state index contributed by atoms with van der Waals surface area (Å²) in [4.78, 5) is 22.1. The van der Waals surface area contributed by atoms with Crippen LogP contribution >= 0.6 is 0 Å². The molecule has 6 nitrogen and oxygen atoms in total. The number of ether oxygens (including phenoxy) is 1. The van der Waals surface area contributed by atoms with Crippen molar-refractivity contribution in [3.05, 3.63) is 69.5 Å². The second kappa shape index (κ2) is 5.88. The molecule has 2 aromatic rings. The van der Waals surface area contributed by atoms with E-state index >= 15 is 0 Å². The molecule has 1 aliphatic rings. The Labute approximate surface area is 130 Å². The van der Waals surface area contributed by atoms with E-state index < -0.39 is 16.6 Å². The van der Waals surface area contributed by atoms with Crippen LogP contribution in [0.15, 0.2) is 48.0 Å². The number of halogens is 1. The number of carbonyl (C=O) groups excluding carboxylic acids is 1. The van der Waals surface area contributed by atoms with Crippen molar-refractivity contribution in [2.24, 2.45) is 0 Å². The van der Waals surface area contributed by atoms with E-state index in [-0.39, 0.29) is 18.0 Å². The highest BCUT2D eigenvalue weighted by Gasteiger charge is 2.19. The molecule has 0 atom stereocenters. The van der Waals surface area contributed by atoms with Gasteiger partial charge < -0.3 is 10.1 Å². The zero-order valence-electron chi connectivity index (χ0n) is 11.8. The Morgan fingerprint density at radius 2 is 2.04 bits per heavy atom. The molecule has 0 fully saturated rings. The Morgan fingerprint density at radius 1 is 1.26 bits per heavy atom. The summed E-state index contributed by atoms with van der Waals surface area (Å²) in [7, 11) is 0. The van der Waals surface area contributed by atoms with Gasteiger partial charge in [0.05, 0.1) is 22.3 Å². The number of rotatable bonds is 3. The quantitative estimate of drug-likeness (QED) is 0.697. The summed E-state index contributed by atoms with van der Waals surface area (Å²) in [5.74, 6) is -0.719. The van der Waals surface area contributed by atoms with Crippen molar-refractivity contribution in [1.82, 2.24) is 0 Å². The second-order valence-electron chi connectivity index (χ2n) is 4.87. The van der Waals surface area contributed by atoms with Gasteiger partial charge in [-0.3, -0.25) is 14.9 Å². The number of hydrogen-bond acceptors (Lipinski definition) is 4. The molecule has 0 spiro atoms. The first kappa shape index (κ1) is 14.7. The standard InChI is InChI=1S/C16H11FN2O4/c17-13-8-12(19(21)22)5-6-14(13)18-16(20)11-7-10-3-1-2-4-15(10)23-9-11/h1-8H,9H2,(H,18,20). The van der Waals surface area contributed by atoms with E-state index in [1.807, 2.05) is 12.1 Å². The van der Waals surface area contributed by atoms with E-state index in [0.29, 0.717) is 11.3 Å². The highest BCUT2D eigenvalue weighted by Crippen LogP contribution is 2.27. The number of nitrogens with zero attached hydrogens (tertiary/aromatic N) is 1. The molecular weight excluding hydrogens is 303 g/mol. The number of para-hydroxylation sites is 1. The first-order valence-corrected chi connectivity index (χ1v) is 6.72. The van der Waals surface area contributed by atoms with E-state index in [0.717, 1.165) is 23.8 Å². The third kappa shape index (κ3) is 3.03. The normalized spacial score (nSPS) is 12.7. The number of nitrogens with one attached hydrogen (secondary N) is 1. The third-order valence-electron chi connectivity index (χ3n) is 3.34. The molecule has 1 N–H and O–H groups in total. The number of nitro groups is 1. The number of benzene rings is 2. The minimum absolute atomic E-state index is 0.0669. The predicted octanol–water partition coefficient (Wildman–Crippen LogP) is 3.15. The minimum atomic E-state index is -0.870. The van der Waals surface area contributed by atoms with Gasteiger partial charge in [0.15, 0.2) is 5.82 Å². The van der Waals surface area contributed by atoms with Crippen molar-refractivity contribution < 1.29 is 18.8 Å². The number of nitro benzene ring substituents is 1. The van der Waals surface area contributed by atoms with Crippen molar-refractivity contribution in [2.75, 3.05) is 11.9 Å². The number of non-ortho nitro benzene ring substituents is 1. The summed E-state index contributed by atoms with van der Waals surface area (Å²) in [5, 5.41) is 13.0. The van der Waals surface area contributed by atoms with Crippen LogP contribution in [0, 0.1) is 15.9 Å². The maximum absolute atomic E-state index is 13.8. The van der Waals surface area contributed by atoms with Gasteiger partial charge in [0.1, 0.15) is 12.4 Å². The monoisotopic (exact) mass is 314 g/mol. The van der Waals surface area contributed by atoms with Crippen molar-refractivity contribution in [3.63, 3.8) is 0 Å². The van der Waals surface area contributed by atoms with E-state index in [9.17, 15) is 19.3 Å². The molecule has 1 amide bonds. The average molecular weight is 314 g/mol. The summed E-state index contributed by atoms with van der Waals surface area (Å²) in [6.07, 6.45) is 1.66. The van der Waals surface area contributed by atoms with Crippen LogP contribution in [0.3, 0.4) is 0 Å². The molecule has 0 aromatic heterocycles. The smallest absolute Gasteiger partial charge is 0.272 e. The molecule has 116 valence electrons. The SMILES string of the molecule is O=C(Nc1ccc([N+](=O)[O-])cc1F)C1=Cc2ccccc2OC1. The number of carbonyl (C=O) groups is 1. The average Bonchev–Trinajstić information content (AvgIpc) is 2.56. The van der Waals surface area contributed by atoms with Gasteiger partial charge in [-0.1, -0.05) is 18.2 Å². The molecule has 1 heterocycles. The van der Waals surface area contributed by atoms with Crippen LogP contribution in [-0.2, 0) is 4.79 Å². The fourth-order valence-corrected chi connectivity index (χ4v) is 2.17. The van der Waals surface area contributed by atoms with Gasteiger partial charge in [-0.25, -0.2) is 4.39 Å². The zero-order chi connectivity index (χ0) is 16.4. The van der Waals surface area contributed by atoms with E-state index in [1.54, 1.807) is 18.2 Å². The maximum atomic E-state index is 13.8. The van der Waals surface area contributed by atoms with Crippen LogP contribution in [-0.4, -0.2) is 17.4 Å². The lowest BCUT2D eigenvalue weighted by atomic mass is 10.1. The van der Waals surface area contributed by atoms with E-state index in [2.05, 4.69) is 5.32 Å². The first-order valence-electron chi connectivity index (χ1n) is 6.72. The summed E-state index contributed by atoms with van der Waals surface area (Å²) in [6, 6.07) is 10.3. The molecule has 3 rings (SSSR count). The molecule has 0 saturated heterocycles. The Kier molecular flexibility index (Phi) is 3.76. The highest BCUT2D eigenvalue weighted by atomic mass is 19.1. The molecular formula is C16H11FN2O4. The molecule has 1 aliphatic heterocycles. The van der Waals surface area contributed by atoms with Crippen molar-refractivity contribution in [2.45, 2.75) is 0 Å². The third-order valence-corrected chi connectivity index (χ3v) is 3.34. The molecule has 0 saturated carbocycles. The maximum Gasteiger partial charge on any atom is 0.272 e. The van der Waals surface area contributed by atoms with Gasteiger partial charge >= 0.3 is 0 Å². The fraction of sp³-hybridized carbons (Fsp3) is 0.0625. The highest BCUT2D eigenvalue weighted by molar-refractivity contribution is 6.07. The van der Waals surface area contributed by atoms with Crippen LogP contribution in [0.4, 0.5) is 15.8 Å². The van der Waals surface area contributed by atoms with E-state index in [1.165, 1.54) is 0 Å². The zero-order valence-corrected chi connectivity index (χ0v) is 11.8. The van der Waals surface area contributed by atoms with E-state index in [4.69, 9.17) is 4.74 Å². The molecule has 23 heavy (non-hydrogen) atoms. The lowest BCUT2D eigenvalue weighted by Gasteiger charge is -2.17. The Bertz CT molecular complexity index is 833. The summed E-state index contributed by atoms with van der Waals surface area (Å²) >= 11 is 0. The Hall–Kier alpha value is -3.22. The van der Waals surface area contributed by atoms with Gasteiger partial charge in [0, 0.05) is 11.6 Å². The molecule has 7 heteroatoms. The van der Waals surface area contributed by atoms with Crippen LogP contribution in [0.25, 0.3) is 6.08 Å². The number of anilines is 1. The largest absolute Gasteiger partial charge is 0.488 e. The number of amides is 1. The topological polar surface area (TPSA) is 81.5 Å². The Balaban J connectivity index is 1.80. The summed E-state index contributed by atoms with van der Waals surface area (Å²) < 4.78 is 19.3. The first-order chi connectivity index (χ1) is 11.0. The van der Waals surface area contributed by atoms with Gasteiger partial charge in [-0.15, -0.1) is 0 Å². The van der Waals surface area contributed by atoms with Crippen molar-refractivity contribution in [3.8, 4) is 5.75 Å². The van der Waals surface area contributed by atoms with Crippen LogP contribution in [0.2, 0.25) is 0 Å². The van der Waals surface area contributed by atoms with Gasteiger partial charge in [0.2, 0.25) is 0 Å². The minimum Gasteiger partial charge on any atom is -0.488 e. The van der Waals surface area contributed by atoms with Gasteiger partial charge in [0.25, 0.3) is 11.6 Å². The Morgan fingerprint density at radius 3 is 2.78 bits per heavy atom. The summed E-state index contributed by atoms with van der Waals surface area (Å²) in [6.45, 7) is 0.0669. The van der Waals surface area contributed by atoms with Gasteiger partial charge in [-0.05, 0) is 18.2 Å². The lowest BCUT2D eigenvalue weighted by Crippen LogP contribution is -2.21. The van der Waals surface area contributed by atoms with Crippen molar-refractivity contribution >= 4 is 23.4 Å². The van der Waals surface area contributed by atoms with Crippen LogP contribution in [0.5, 0.6) is 5.75 Å². The fourth-order valence-electron chi connectivity index (χ4n) is 2.17. The predicted molar refractivity (Wildman–Crippen MR) is 81.6 cm³/mol. The summed E-state index contributed by atoms with van der Waals surface area (Å²) in [5.41, 5.74) is 0.588. The van der Waals surface area contributed by atoms with Crippen LogP contribution < -0.4 is 10.1 Å². The number of hydrogen-bond donors (Lipinski definition) is 1. The lowest BCUT2D eigenvalue weighted by molar-refractivity contribution is -0.385. The molecule has 0 unspecified atom stereocenters.